The summed E-state index contributed by atoms with van der Waals surface area (Å²) < 4.78 is 18.3. The molecule has 2 unspecified atom stereocenters. The minimum absolute atomic E-state index is 0.0673. The zero-order chi connectivity index (χ0) is 19.1. The third-order valence-corrected chi connectivity index (χ3v) is 4.59. The number of hydrogen-bond donors (Lipinski definition) is 1. The number of Topliss-reactive ketones (excluding diaryl/α,β-unsaturated/α-hetero) is 1. The number of nitrogens with one attached hydrogen (secondary N) is 1. The van der Waals surface area contributed by atoms with Crippen molar-refractivity contribution in [2.75, 3.05) is 12.0 Å². The summed E-state index contributed by atoms with van der Waals surface area (Å²) in [7, 11) is 1.44. The first-order chi connectivity index (χ1) is 13.0. The standard InChI is InChI=1S/C19H14FN3O4/c1-27-13-5-3-2-4-12(13)23-18(25)14-15(21-22-16(14)19(23)26)17(24)10-6-8-11(20)9-7-10/h2-9,14,16,22H,1H3. The van der Waals surface area contributed by atoms with E-state index in [9.17, 15) is 18.8 Å². The van der Waals surface area contributed by atoms with Crippen molar-refractivity contribution >= 4 is 29.0 Å². The maximum absolute atomic E-state index is 13.1. The molecule has 2 aromatic rings. The number of ether oxygens (including phenoxy) is 1. The molecule has 8 heteroatoms. The van der Waals surface area contributed by atoms with E-state index in [2.05, 4.69) is 10.5 Å². The van der Waals surface area contributed by atoms with Crippen LogP contribution >= 0.6 is 0 Å². The molecule has 2 heterocycles. The SMILES string of the molecule is COc1ccccc1N1C(=O)C2NN=C(C(=O)c3ccc(F)cc3)C2C1=O. The van der Waals surface area contributed by atoms with Crippen molar-refractivity contribution in [1.82, 2.24) is 5.43 Å². The van der Waals surface area contributed by atoms with Crippen molar-refractivity contribution in [2.45, 2.75) is 6.04 Å². The van der Waals surface area contributed by atoms with Crippen LogP contribution in [-0.4, -0.2) is 36.5 Å². The number of methoxy groups -OCH3 is 1. The molecule has 0 spiro atoms. The Morgan fingerprint density at radius 3 is 2.52 bits per heavy atom. The van der Waals surface area contributed by atoms with E-state index >= 15 is 0 Å². The van der Waals surface area contributed by atoms with Crippen LogP contribution in [0.25, 0.3) is 0 Å². The predicted molar refractivity (Wildman–Crippen MR) is 94.1 cm³/mol. The number of rotatable bonds is 4. The zero-order valence-electron chi connectivity index (χ0n) is 14.2. The lowest BCUT2D eigenvalue weighted by Crippen LogP contribution is -2.36. The largest absolute Gasteiger partial charge is 0.495 e. The molecule has 2 aliphatic heterocycles. The summed E-state index contributed by atoms with van der Waals surface area (Å²) in [5.74, 6) is -2.76. The second-order valence-corrected chi connectivity index (χ2v) is 6.10. The van der Waals surface area contributed by atoms with E-state index in [4.69, 9.17) is 4.74 Å². The third-order valence-electron chi connectivity index (χ3n) is 4.59. The smallest absolute Gasteiger partial charge is 0.259 e. The van der Waals surface area contributed by atoms with Crippen LogP contribution in [0.1, 0.15) is 10.4 Å². The molecule has 1 fully saturated rings. The number of imide groups is 1. The lowest BCUT2D eigenvalue weighted by Gasteiger charge is -2.18. The van der Waals surface area contributed by atoms with Gasteiger partial charge in [-0.15, -0.1) is 0 Å². The van der Waals surface area contributed by atoms with Crippen LogP contribution in [-0.2, 0) is 9.59 Å². The molecule has 1 N–H and O–H groups in total. The van der Waals surface area contributed by atoms with Crippen molar-refractivity contribution in [3.8, 4) is 5.75 Å². The summed E-state index contributed by atoms with van der Waals surface area (Å²) >= 11 is 0. The molecule has 0 aromatic heterocycles. The van der Waals surface area contributed by atoms with Gasteiger partial charge in [0.05, 0.1) is 12.8 Å². The van der Waals surface area contributed by atoms with E-state index in [1.165, 1.54) is 19.2 Å². The van der Waals surface area contributed by atoms with Crippen LogP contribution in [0.5, 0.6) is 5.75 Å². The number of hydrogen-bond acceptors (Lipinski definition) is 6. The molecule has 2 aliphatic rings. The van der Waals surface area contributed by atoms with Gasteiger partial charge in [0.25, 0.3) is 5.91 Å². The Bertz CT molecular complexity index is 987. The molecule has 2 amide bonds. The number of nitrogens with zero attached hydrogens (tertiary/aromatic N) is 2. The minimum atomic E-state index is -1.04. The molecule has 0 bridgehead atoms. The number of amides is 2. The maximum atomic E-state index is 13.1. The van der Waals surface area contributed by atoms with Crippen LogP contribution in [0, 0.1) is 11.7 Å². The second kappa shape index (κ2) is 6.31. The lowest BCUT2D eigenvalue weighted by atomic mass is 9.93. The quantitative estimate of drug-likeness (QED) is 0.654. The molecule has 0 saturated carbocycles. The molecule has 2 aromatic carbocycles. The van der Waals surface area contributed by atoms with Crippen LogP contribution in [0.2, 0.25) is 0 Å². The number of carbonyl (C=O) groups excluding carboxylic acids is 3. The molecule has 27 heavy (non-hydrogen) atoms. The van der Waals surface area contributed by atoms with Crippen LogP contribution in [0.4, 0.5) is 10.1 Å². The molecule has 1 saturated heterocycles. The Labute approximate surface area is 153 Å². The number of para-hydroxylation sites is 2. The zero-order valence-corrected chi connectivity index (χ0v) is 14.2. The normalized spacial score (nSPS) is 21.0. The molecule has 7 nitrogen and oxygen atoms in total. The molecule has 0 aliphatic carbocycles. The van der Waals surface area contributed by atoms with Gasteiger partial charge in [0.15, 0.2) is 0 Å². The van der Waals surface area contributed by atoms with Gasteiger partial charge in [0, 0.05) is 5.56 Å². The van der Waals surface area contributed by atoms with Gasteiger partial charge in [0.1, 0.15) is 29.2 Å². The van der Waals surface area contributed by atoms with Crippen molar-refractivity contribution < 1.29 is 23.5 Å². The van der Waals surface area contributed by atoms with E-state index in [0.717, 1.165) is 17.0 Å². The molecular formula is C19H14FN3O4. The fourth-order valence-corrected chi connectivity index (χ4v) is 3.28. The second-order valence-electron chi connectivity index (χ2n) is 6.10. The first-order valence-corrected chi connectivity index (χ1v) is 8.17. The van der Waals surface area contributed by atoms with Gasteiger partial charge < -0.3 is 4.74 Å². The number of anilines is 1. The van der Waals surface area contributed by atoms with Gasteiger partial charge >= 0.3 is 0 Å². The lowest BCUT2D eigenvalue weighted by molar-refractivity contribution is -0.122. The Balaban J connectivity index is 1.68. The Kier molecular flexibility index (Phi) is 3.95. The van der Waals surface area contributed by atoms with Gasteiger partial charge in [-0.05, 0) is 36.4 Å². The van der Waals surface area contributed by atoms with E-state index in [-0.39, 0.29) is 11.3 Å². The number of carbonyl (C=O) groups is 3. The van der Waals surface area contributed by atoms with Crippen molar-refractivity contribution in [1.29, 1.82) is 0 Å². The van der Waals surface area contributed by atoms with Crippen LogP contribution in [0.15, 0.2) is 53.6 Å². The molecule has 0 radical (unpaired) electrons. The van der Waals surface area contributed by atoms with Gasteiger partial charge in [-0.25, -0.2) is 9.29 Å². The Hall–Kier alpha value is -3.55. The maximum Gasteiger partial charge on any atom is 0.259 e. The summed E-state index contributed by atoms with van der Waals surface area (Å²) in [6, 6.07) is 10.6. The highest BCUT2D eigenvalue weighted by atomic mass is 19.1. The monoisotopic (exact) mass is 367 g/mol. The molecule has 4 rings (SSSR count). The highest BCUT2D eigenvalue weighted by Gasteiger charge is 2.55. The summed E-state index contributed by atoms with van der Waals surface area (Å²) in [4.78, 5) is 39.5. The first-order valence-electron chi connectivity index (χ1n) is 8.17. The number of hydrazone groups is 1. The van der Waals surface area contributed by atoms with E-state index < -0.39 is 35.4 Å². The van der Waals surface area contributed by atoms with E-state index in [0.29, 0.717) is 11.4 Å². The average Bonchev–Trinajstić information content (AvgIpc) is 3.22. The molecular weight excluding hydrogens is 353 g/mol. The fourth-order valence-electron chi connectivity index (χ4n) is 3.28. The fraction of sp³-hybridized carbons (Fsp3) is 0.158. The summed E-state index contributed by atoms with van der Waals surface area (Å²) in [6.45, 7) is 0. The van der Waals surface area contributed by atoms with Gasteiger partial charge in [-0.1, -0.05) is 12.1 Å². The number of ketones is 1. The van der Waals surface area contributed by atoms with Crippen LogP contribution in [0.3, 0.4) is 0 Å². The summed E-state index contributed by atoms with van der Waals surface area (Å²) in [5.41, 5.74) is 3.01. The van der Waals surface area contributed by atoms with Crippen LogP contribution < -0.4 is 15.1 Å². The molecule has 136 valence electrons. The minimum Gasteiger partial charge on any atom is -0.495 e. The van der Waals surface area contributed by atoms with Crippen molar-refractivity contribution in [2.24, 2.45) is 11.0 Å². The molecule has 2 atom stereocenters. The van der Waals surface area contributed by atoms with Gasteiger partial charge in [-0.2, -0.15) is 5.10 Å². The first kappa shape index (κ1) is 16.9. The Morgan fingerprint density at radius 2 is 1.81 bits per heavy atom. The summed E-state index contributed by atoms with van der Waals surface area (Å²) in [5, 5.41) is 3.91. The highest BCUT2D eigenvalue weighted by Crippen LogP contribution is 2.36. The van der Waals surface area contributed by atoms with E-state index in [1.807, 2.05) is 0 Å². The van der Waals surface area contributed by atoms with E-state index in [1.54, 1.807) is 24.3 Å². The number of benzene rings is 2. The van der Waals surface area contributed by atoms with Crippen molar-refractivity contribution in [3.63, 3.8) is 0 Å². The van der Waals surface area contributed by atoms with Crippen molar-refractivity contribution in [3.05, 3.63) is 59.9 Å². The number of fused-ring (bicyclic) bond motifs is 1. The van der Waals surface area contributed by atoms with Gasteiger partial charge in [-0.3, -0.25) is 19.8 Å². The average molecular weight is 367 g/mol. The highest BCUT2D eigenvalue weighted by molar-refractivity contribution is 6.52. The predicted octanol–water partition coefficient (Wildman–Crippen LogP) is 1.53. The Morgan fingerprint density at radius 1 is 1.11 bits per heavy atom. The van der Waals surface area contributed by atoms with Gasteiger partial charge in [0.2, 0.25) is 11.7 Å². The summed E-state index contributed by atoms with van der Waals surface area (Å²) in [6.07, 6.45) is 0. The topological polar surface area (TPSA) is 88.1 Å². The number of halogens is 1. The third kappa shape index (κ3) is 2.57.